The van der Waals surface area contributed by atoms with E-state index in [4.69, 9.17) is 8.85 Å². The first-order chi connectivity index (χ1) is 13.0. The maximum absolute atomic E-state index is 7.02. The topological polar surface area (TPSA) is 18.5 Å². The molecule has 154 valence electrons. The first-order valence-corrected chi connectivity index (χ1v) is 16.8. The Morgan fingerprint density at radius 2 is 0.926 bits per heavy atom. The lowest BCUT2D eigenvalue weighted by atomic mass is 9.73. The molecule has 0 unspecified atom stereocenters. The van der Waals surface area contributed by atoms with Crippen molar-refractivity contribution in [2.75, 3.05) is 0 Å². The van der Waals surface area contributed by atoms with Gasteiger partial charge in [-0.05, 0) is 66.4 Å². The lowest BCUT2D eigenvalue weighted by Crippen LogP contribution is -2.51. The van der Waals surface area contributed by atoms with Crippen molar-refractivity contribution in [1.29, 1.82) is 0 Å². The summed E-state index contributed by atoms with van der Waals surface area (Å²) in [6, 6.07) is 7.44. The average molecular weight is 407 g/mol. The molecule has 1 saturated carbocycles. The molecule has 3 rings (SSSR count). The van der Waals surface area contributed by atoms with E-state index in [0.717, 1.165) is 0 Å². The van der Waals surface area contributed by atoms with Crippen molar-refractivity contribution in [2.45, 2.75) is 96.4 Å². The molecule has 0 heterocycles. The molecule has 4 heteroatoms. The molecule has 2 bridgehead atoms. The molecular weight excluding hydrogens is 364 g/mol. The smallest absolute Gasteiger partial charge is 0.192 e. The summed E-state index contributed by atoms with van der Waals surface area (Å²) >= 11 is 0. The van der Waals surface area contributed by atoms with Crippen LogP contribution in [0.2, 0.25) is 36.3 Å². The Morgan fingerprint density at radius 3 is 1.22 bits per heavy atom. The Morgan fingerprint density at radius 1 is 0.593 bits per heavy atom. The van der Waals surface area contributed by atoms with Crippen LogP contribution in [0.15, 0.2) is 24.3 Å². The molecule has 0 saturated heterocycles. The molecule has 2 nitrogen and oxygen atoms in total. The minimum absolute atomic E-state index is 0.322. The molecule has 0 aromatic rings. The van der Waals surface area contributed by atoms with Gasteiger partial charge in [-0.3, -0.25) is 0 Å². The fraction of sp³-hybridized carbons (Fsp3) is 0.826. The van der Waals surface area contributed by atoms with E-state index in [9.17, 15) is 0 Å². The SMILES string of the molecule is CC[Si](CC)(CC)O[C@H]1C=C[C@@H](O[Si](CC)(CC)CC)[C@@H]2[C@H]1[C@@H]1C=C[C@H]2C1. The first kappa shape index (κ1) is 21.5. The zero-order chi connectivity index (χ0) is 19.7. The monoisotopic (exact) mass is 406 g/mol. The Bertz CT molecular complexity index is 488. The van der Waals surface area contributed by atoms with Gasteiger partial charge in [0.05, 0.1) is 12.2 Å². The number of allylic oxidation sites excluding steroid dienone is 2. The Balaban J connectivity index is 1.86. The van der Waals surface area contributed by atoms with E-state index < -0.39 is 16.6 Å². The first-order valence-electron chi connectivity index (χ1n) is 11.7. The highest BCUT2D eigenvalue weighted by Crippen LogP contribution is 2.55. The molecule has 0 spiro atoms. The quantitative estimate of drug-likeness (QED) is 0.294. The fourth-order valence-electron chi connectivity index (χ4n) is 6.11. The Kier molecular flexibility index (Phi) is 6.93. The Labute approximate surface area is 170 Å². The van der Waals surface area contributed by atoms with E-state index >= 15 is 0 Å². The lowest BCUT2D eigenvalue weighted by Gasteiger charge is -2.46. The standard InChI is InChI=1S/C23H42O2Si2/c1-7-26(8-2,9-3)24-20-15-16-21(25-27(10-4,11-5)12-6)23-19-14-13-18(17-19)22(20)23/h13-16,18-23H,7-12,17H2,1-6H3/t18-,19+,20+,21-,22+,23-. The maximum Gasteiger partial charge on any atom is 0.192 e. The van der Waals surface area contributed by atoms with Crippen LogP contribution in [-0.2, 0) is 8.85 Å². The van der Waals surface area contributed by atoms with Gasteiger partial charge in [0, 0.05) is 0 Å². The van der Waals surface area contributed by atoms with Gasteiger partial charge in [0.25, 0.3) is 0 Å². The second kappa shape index (κ2) is 8.68. The normalized spacial score (nSPS) is 35.0. The maximum atomic E-state index is 7.02. The van der Waals surface area contributed by atoms with Crippen LogP contribution in [0.4, 0.5) is 0 Å². The van der Waals surface area contributed by atoms with E-state index in [1.165, 1.54) is 42.7 Å². The zero-order valence-electron chi connectivity index (χ0n) is 18.5. The van der Waals surface area contributed by atoms with Crippen LogP contribution in [0.3, 0.4) is 0 Å². The molecule has 1 fully saturated rings. The van der Waals surface area contributed by atoms with Gasteiger partial charge in [-0.15, -0.1) is 0 Å². The zero-order valence-corrected chi connectivity index (χ0v) is 20.5. The second-order valence-electron chi connectivity index (χ2n) is 9.14. The molecule has 0 aliphatic heterocycles. The second-order valence-corrected chi connectivity index (χ2v) is 18.6. The fourth-order valence-corrected chi connectivity index (χ4v) is 11.7. The predicted octanol–water partition coefficient (Wildman–Crippen LogP) is 6.78. The molecule has 27 heavy (non-hydrogen) atoms. The van der Waals surface area contributed by atoms with E-state index in [1.807, 2.05) is 0 Å². The largest absolute Gasteiger partial charge is 0.410 e. The van der Waals surface area contributed by atoms with Crippen LogP contribution in [0.25, 0.3) is 0 Å². The molecule has 0 aromatic heterocycles. The van der Waals surface area contributed by atoms with Gasteiger partial charge in [-0.1, -0.05) is 65.8 Å². The van der Waals surface area contributed by atoms with Gasteiger partial charge in [-0.25, -0.2) is 0 Å². The molecule has 3 aliphatic carbocycles. The van der Waals surface area contributed by atoms with E-state index in [-0.39, 0.29) is 0 Å². The Hall–Kier alpha value is -0.166. The highest BCUT2D eigenvalue weighted by atomic mass is 28.4. The van der Waals surface area contributed by atoms with E-state index in [1.54, 1.807) is 0 Å². The van der Waals surface area contributed by atoms with Crippen molar-refractivity contribution >= 4 is 16.6 Å². The van der Waals surface area contributed by atoms with Gasteiger partial charge < -0.3 is 8.85 Å². The van der Waals surface area contributed by atoms with Gasteiger partial charge >= 0.3 is 0 Å². The molecule has 0 amide bonds. The lowest BCUT2D eigenvalue weighted by molar-refractivity contribution is 0.0399. The molecule has 0 aromatic carbocycles. The summed E-state index contributed by atoms with van der Waals surface area (Å²) in [6.07, 6.45) is 11.8. The molecule has 0 radical (unpaired) electrons. The summed E-state index contributed by atoms with van der Waals surface area (Å²) in [6.45, 7) is 14.1. The summed E-state index contributed by atoms with van der Waals surface area (Å²) in [5.74, 6) is 2.70. The molecule has 6 atom stereocenters. The van der Waals surface area contributed by atoms with Crippen molar-refractivity contribution < 1.29 is 8.85 Å². The van der Waals surface area contributed by atoms with Gasteiger partial charge in [-0.2, -0.15) is 0 Å². The summed E-state index contributed by atoms with van der Waals surface area (Å²) in [4.78, 5) is 0. The van der Waals surface area contributed by atoms with Crippen molar-refractivity contribution in [3.05, 3.63) is 24.3 Å². The van der Waals surface area contributed by atoms with Crippen LogP contribution in [-0.4, -0.2) is 28.8 Å². The minimum Gasteiger partial charge on any atom is -0.410 e. The van der Waals surface area contributed by atoms with Crippen LogP contribution < -0.4 is 0 Å². The number of fused-ring (bicyclic) bond motifs is 5. The van der Waals surface area contributed by atoms with Gasteiger partial charge in [0.1, 0.15) is 0 Å². The third-order valence-electron chi connectivity index (χ3n) is 8.47. The van der Waals surface area contributed by atoms with Gasteiger partial charge in [0.2, 0.25) is 0 Å². The van der Waals surface area contributed by atoms with Crippen molar-refractivity contribution in [3.63, 3.8) is 0 Å². The summed E-state index contributed by atoms with van der Waals surface area (Å²) < 4.78 is 14.0. The predicted molar refractivity (Wildman–Crippen MR) is 121 cm³/mol. The highest BCUT2D eigenvalue weighted by molar-refractivity contribution is 6.74. The third-order valence-corrected chi connectivity index (χ3v) is 17.7. The molecule has 0 N–H and O–H groups in total. The number of hydrogen-bond donors (Lipinski definition) is 0. The van der Waals surface area contributed by atoms with Crippen molar-refractivity contribution in [3.8, 4) is 0 Å². The number of hydrogen-bond acceptors (Lipinski definition) is 2. The van der Waals surface area contributed by atoms with Crippen LogP contribution in [0.5, 0.6) is 0 Å². The highest BCUT2D eigenvalue weighted by Gasteiger charge is 2.54. The summed E-state index contributed by atoms with van der Waals surface area (Å²) in [7, 11) is -3.18. The van der Waals surface area contributed by atoms with Crippen LogP contribution >= 0.6 is 0 Å². The summed E-state index contributed by atoms with van der Waals surface area (Å²) in [5, 5.41) is 0. The number of rotatable bonds is 10. The third kappa shape index (κ3) is 3.84. The van der Waals surface area contributed by atoms with E-state index in [2.05, 4.69) is 65.8 Å². The summed E-state index contributed by atoms with van der Waals surface area (Å²) in [5.41, 5.74) is 0. The van der Waals surface area contributed by atoms with Crippen molar-refractivity contribution in [2.24, 2.45) is 23.7 Å². The van der Waals surface area contributed by atoms with Gasteiger partial charge in [0.15, 0.2) is 16.6 Å². The van der Waals surface area contributed by atoms with Crippen molar-refractivity contribution in [1.82, 2.24) is 0 Å². The minimum atomic E-state index is -1.59. The van der Waals surface area contributed by atoms with E-state index in [0.29, 0.717) is 35.9 Å². The van der Waals surface area contributed by atoms with Crippen LogP contribution in [0, 0.1) is 23.7 Å². The molecular formula is C23H42O2Si2. The van der Waals surface area contributed by atoms with Crippen LogP contribution in [0.1, 0.15) is 48.0 Å². The molecule has 3 aliphatic rings. The average Bonchev–Trinajstić information content (AvgIpc) is 3.34.